The van der Waals surface area contributed by atoms with Crippen LogP contribution in [-0.2, 0) is 16.0 Å². The molecule has 3 rings (SSSR count). The Hall–Kier alpha value is -3.89. The van der Waals surface area contributed by atoms with Crippen molar-refractivity contribution >= 4 is 29.6 Å². The summed E-state index contributed by atoms with van der Waals surface area (Å²) in [5, 5.41) is 23.0. The van der Waals surface area contributed by atoms with Crippen LogP contribution in [0.1, 0.15) is 52.1 Å². The molecule has 164 valence electrons. The first-order valence-electron chi connectivity index (χ1n) is 11.4. The van der Waals surface area contributed by atoms with Crippen molar-refractivity contribution in [2.24, 2.45) is 0 Å². The molecule has 0 spiro atoms. The van der Waals surface area contributed by atoms with Crippen molar-refractivity contribution in [1.29, 1.82) is 0 Å². The summed E-state index contributed by atoms with van der Waals surface area (Å²) in [6.07, 6.45) is -0.612. The number of aliphatic carboxylic acids is 2. The van der Waals surface area contributed by atoms with Gasteiger partial charge in [-0.05, 0) is 36.9 Å². The number of H-pyrrole nitrogens is 1. The van der Waals surface area contributed by atoms with E-state index >= 15 is 0 Å². The first-order chi connectivity index (χ1) is 16.4. The third kappa shape index (κ3) is 5.38. The predicted molar refractivity (Wildman–Crippen MR) is 111 cm³/mol. The van der Waals surface area contributed by atoms with Gasteiger partial charge in [0.15, 0.2) is 0 Å². The van der Waals surface area contributed by atoms with Gasteiger partial charge in [0.25, 0.3) is 11.5 Å². The van der Waals surface area contributed by atoms with Gasteiger partial charge in [0.05, 0.1) is 11.0 Å². The maximum atomic E-state index is 12.6. The first kappa shape index (κ1) is 16.9. The maximum Gasteiger partial charge on any atom is 0.326 e. The zero-order chi connectivity index (χ0) is 26.0. The number of rotatable bonds is 9. The third-order valence-electron chi connectivity index (χ3n) is 4.79. The minimum absolute atomic E-state index is 0.0329. The van der Waals surface area contributed by atoms with Crippen molar-refractivity contribution in [1.82, 2.24) is 15.3 Å². The quantitative estimate of drug-likeness (QED) is 0.328. The Morgan fingerprint density at radius 2 is 2.00 bits per heavy atom. The third-order valence-corrected chi connectivity index (χ3v) is 4.79. The Bertz CT molecular complexity index is 1240. The topological polar surface area (TPSA) is 188 Å². The molecule has 11 nitrogen and oxygen atoms in total. The molecule has 1 unspecified atom stereocenters. The van der Waals surface area contributed by atoms with Crippen LogP contribution in [0, 0.1) is 0 Å². The number of anilines is 2. The normalized spacial score (nSPS) is 17.4. The van der Waals surface area contributed by atoms with Crippen LogP contribution in [0.25, 0.3) is 0 Å². The van der Waals surface area contributed by atoms with Gasteiger partial charge in [-0.1, -0.05) is 12.1 Å². The van der Waals surface area contributed by atoms with Gasteiger partial charge in [-0.15, -0.1) is 0 Å². The van der Waals surface area contributed by atoms with Gasteiger partial charge >= 0.3 is 11.9 Å². The summed E-state index contributed by atoms with van der Waals surface area (Å²) in [5.41, 5.74) is 4.90. The lowest BCUT2D eigenvalue weighted by Crippen LogP contribution is -2.41. The standard InChI is InChI=1S/C20H23N5O6/c21-20-24-16-15(18(29)25-20)12(9-22-16)6-3-10-1-4-11(5-2-10)17(28)23-13(19(30)31)7-8-14(26)27/h1-2,4-5,12-13H,3,6-9H2,(H,23,28)(H,26,27)(H,30,31)(H4,21,22,24,25,29)/t12?,13-/m0/s1/i1D,2D,4D,5D. The van der Waals surface area contributed by atoms with E-state index in [9.17, 15) is 24.3 Å². The Kier molecular flexibility index (Phi) is 5.05. The predicted octanol–water partition coefficient (Wildman–Crippen LogP) is 0.542. The number of aromatic amines is 1. The number of fused-ring (bicyclic) bond motifs is 1. The second kappa shape index (κ2) is 9.28. The van der Waals surface area contributed by atoms with E-state index in [2.05, 4.69) is 20.6 Å². The zero-order valence-corrected chi connectivity index (χ0v) is 16.2. The molecule has 0 aliphatic carbocycles. The number of aromatic nitrogens is 2. The van der Waals surface area contributed by atoms with E-state index in [-0.39, 0.29) is 30.3 Å². The average Bonchev–Trinajstić information content (AvgIpc) is 3.18. The molecule has 1 aliphatic heterocycles. The summed E-state index contributed by atoms with van der Waals surface area (Å²) >= 11 is 0. The summed E-state index contributed by atoms with van der Waals surface area (Å²) < 4.78 is 33.0. The van der Waals surface area contributed by atoms with Gasteiger partial charge < -0.3 is 26.6 Å². The molecular formula is C20H23N5O6. The van der Waals surface area contributed by atoms with E-state index in [1.807, 2.05) is 0 Å². The molecular weight excluding hydrogens is 406 g/mol. The Morgan fingerprint density at radius 1 is 1.29 bits per heavy atom. The van der Waals surface area contributed by atoms with Crippen molar-refractivity contribution in [3.8, 4) is 0 Å². The van der Waals surface area contributed by atoms with Crippen LogP contribution in [0.3, 0.4) is 0 Å². The summed E-state index contributed by atoms with van der Waals surface area (Å²) in [7, 11) is 0. The van der Waals surface area contributed by atoms with Gasteiger partial charge in [0.2, 0.25) is 5.95 Å². The molecule has 1 aromatic carbocycles. The molecule has 2 atom stereocenters. The molecule has 1 aromatic heterocycles. The van der Waals surface area contributed by atoms with E-state index in [4.69, 9.17) is 16.3 Å². The number of hydrogen-bond acceptors (Lipinski definition) is 7. The number of nitrogens with zero attached hydrogens (tertiary/aromatic N) is 1. The van der Waals surface area contributed by atoms with Crippen molar-refractivity contribution in [2.75, 3.05) is 17.6 Å². The molecule has 2 aromatic rings. The summed E-state index contributed by atoms with van der Waals surface area (Å²) in [6.45, 7) is 0.365. The minimum atomic E-state index is -1.59. The highest BCUT2D eigenvalue weighted by Crippen LogP contribution is 2.30. The van der Waals surface area contributed by atoms with Gasteiger partial charge in [-0.2, -0.15) is 4.98 Å². The molecule has 0 bridgehead atoms. The highest BCUT2D eigenvalue weighted by molar-refractivity contribution is 5.96. The number of amides is 1. The SMILES string of the molecule is [2H]c1c([2H])c(C(=O)N[C@@H](CCC(=O)O)C(=O)O)c([2H])c([2H])c1CCC1CNc2nc(N)[nH]c(=O)c21. The molecule has 31 heavy (non-hydrogen) atoms. The van der Waals surface area contributed by atoms with Crippen LogP contribution in [-0.4, -0.2) is 50.6 Å². The fourth-order valence-corrected chi connectivity index (χ4v) is 3.23. The highest BCUT2D eigenvalue weighted by atomic mass is 16.4. The van der Waals surface area contributed by atoms with Crippen LogP contribution in [0.2, 0.25) is 0 Å². The second-order valence-corrected chi connectivity index (χ2v) is 6.98. The number of nitrogens with two attached hydrogens (primary N) is 1. The fraction of sp³-hybridized carbons (Fsp3) is 0.350. The lowest BCUT2D eigenvalue weighted by Gasteiger charge is -2.14. The molecule has 1 aliphatic rings. The Morgan fingerprint density at radius 3 is 2.65 bits per heavy atom. The number of carboxylic acids is 2. The van der Waals surface area contributed by atoms with E-state index in [1.165, 1.54) is 0 Å². The van der Waals surface area contributed by atoms with Gasteiger partial charge in [-0.3, -0.25) is 19.4 Å². The molecule has 0 fully saturated rings. The molecule has 0 saturated carbocycles. The van der Waals surface area contributed by atoms with Gasteiger partial charge in [0.1, 0.15) is 11.9 Å². The number of carbonyl (C=O) groups is 3. The van der Waals surface area contributed by atoms with E-state index in [0.29, 0.717) is 17.9 Å². The molecule has 0 radical (unpaired) electrons. The molecule has 11 heteroatoms. The maximum absolute atomic E-state index is 12.6. The van der Waals surface area contributed by atoms with E-state index < -0.39 is 72.0 Å². The Labute approximate surface area is 182 Å². The monoisotopic (exact) mass is 433 g/mol. The molecule has 2 heterocycles. The Balaban J connectivity index is 1.84. The number of nitrogen functional groups attached to an aromatic ring is 1. The van der Waals surface area contributed by atoms with Crippen LogP contribution < -0.4 is 21.9 Å². The molecule has 7 N–H and O–H groups in total. The second-order valence-electron chi connectivity index (χ2n) is 6.98. The lowest BCUT2D eigenvalue weighted by molar-refractivity contribution is -0.140. The summed E-state index contributed by atoms with van der Waals surface area (Å²) in [6, 6.07) is -3.83. The van der Waals surface area contributed by atoms with E-state index in [1.54, 1.807) is 0 Å². The molecule has 1 amide bonds. The average molecular weight is 433 g/mol. The number of hydrogen-bond donors (Lipinski definition) is 6. The zero-order valence-electron chi connectivity index (χ0n) is 20.2. The minimum Gasteiger partial charge on any atom is -0.481 e. The van der Waals surface area contributed by atoms with Crippen molar-refractivity contribution < 1.29 is 30.1 Å². The largest absolute Gasteiger partial charge is 0.481 e. The van der Waals surface area contributed by atoms with Crippen LogP contribution in [0.5, 0.6) is 0 Å². The number of benzene rings is 1. The van der Waals surface area contributed by atoms with Gasteiger partial charge in [-0.25, -0.2) is 4.79 Å². The van der Waals surface area contributed by atoms with Crippen molar-refractivity contribution in [2.45, 2.75) is 37.6 Å². The number of carbonyl (C=O) groups excluding carboxylic acids is 1. The highest BCUT2D eigenvalue weighted by Gasteiger charge is 2.27. The van der Waals surface area contributed by atoms with Crippen LogP contribution in [0.15, 0.2) is 29.0 Å². The number of nitrogens with one attached hydrogen (secondary N) is 3. The number of carboxylic acid groups (broad SMARTS) is 2. The van der Waals surface area contributed by atoms with Crippen molar-refractivity contribution in [3.05, 3.63) is 51.2 Å². The first-order valence-corrected chi connectivity index (χ1v) is 9.40. The fourth-order valence-electron chi connectivity index (χ4n) is 3.23. The van der Waals surface area contributed by atoms with Crippen LogP contribution >= 0.6 is 0 Å². The lowest BCUT2D eigenvalue weighted by atomic mass is 9.95. The van der Waals surface area contributed by atoms with E-state index in [0.717, 1.165) is 0 Å². The smallest absolute Gasteiger partial charge is 0.326 e. The van der Waals surface area contributed by atoms with Crippen molar-refractivity contribution in [3.63, 3.8) is 0 Å². The molecule has 0 saturated heterocycles. The summed E-state index contributed by atoms with van der Waals surface area (Å²) in [5.74, 6) is -3.93. The van der Waals surface area contributed by atoms with Crippen LogP contribution in [0.4, 0.5) is 11.8 Å². The summed E-state index contributed by atoms with van der Waals surface area (Å²) in [4.78, 5) is 53.4. The van der Waals surface area contributed by atoms with Gasteiger partial charge in [0, 0.05) is 24.4 Å².